The van der Waals surface area contributed by atoms with Crippen molar-refractivity contribution in [3.05, 3.63) is 72.8 Å². The van der Waals surface area contributed by atoms with Crippen LogP contribution in [0.2, 0.25) is 0 Å². The first-order chi connectivity index (χ1) is 13.3. The summed E-state index contributed by atoms with van der Waals surface area (Å²) in [6.07, 6.45) is 3.49. The van der Waals surface area contributed by atoms with E-state index in [1.807, 2.05) is 60.7 Å². The summed E-state index contributed by atoms with van der Waals surface area (Å²) in [6.45, 7) is 2.42. The van der Waals surface area contributed by atoms with Crippen molar-refractivity contribution >= 4 is 11.6 Å². The Morgan fingerprint density at radius 1 is 1.04 bits per heavy atom. The van der Waals surface area contributed by atoms with E-state index < -0.39 is 0 Å². The number of oxazole rings is 1. The van der Waals surface area contributed by atoms with Crippen molar-refractivity contribution in [1.82, 2.24) is 9.88 Å². The standard InChI is InChI=1S/C22H23N3O2/c26-22(24-19-9-5-2-6-10-19)18-11-13-25(14-12-18)16-21-23-15-20(27-21)17-7-3-1-4-8-17/h1-10,15,18H,11-14,16H2,(H,24,26). The van der Waals surface area contributed by atoms with Gasteiger partial charge in [0.25, 0.3) is 0 Å². The molecule has 2 aromatic carbocycles. The lowest BCUT2D eigenvalue weighted by molar-refractivity contribution is -0.121. The Morgan fingerprint density at radius 2 is 1.70 bits per heavy atom. The van der Waals surface area contributed by atoms with Gasteiger partial charge in [-0.3, -0.25) is 9.69 Å². The van der Waals surface area contributed by atoms with E-state index in [1.54, 1.807) is 6.20 Å². The minimum absolute atomic E-state index is 0.0610. The van der Waals surface area contributed by atoms with Gasteiger partial charge >= 0.3 is 0 Å². The fourth-order valence-electron chi connectivity index (χ4n) is 3.43. The van der Waals surface area contributed by atoms with E-state index in [2.05, 4.69) is 15.2 Å². The average molecular weight is 361 g/mol. The summed E-state index contributed by atoms with van der Waals surface area (Å²) in [6, 6.07) is 19.6. The van der Waals surface area contributed by atoms with Crippen LogP contribution in [0.25, 0.3) is 11.3 Å². The number of hydrogen-bond donors (Lipinski definition) is 1. The van der Waals surface area contributed by atoms with Crippen molar-refractivity contribution in [3.8, 4) is 11.3 Å². The molecule has 1 amide bonds. The van der Waals surface area contributed by atoms with Crippen molar-refractivity contribution in [2.24, 2.45) is 5.92 Å². The van der Waals surface area contributed by atoms with Gasteiger partial charge in [-0.25, -0.2) is 4.98 Å². The summed E-state index contributed by atoms with van der Waals surface area (Å²) in [5.41, 5.74) is 1.89. The number of nitrogens with zero attached hydrogens (tertiary/aromatic N) is 2. The fraction of sp³-hybridized carbons (Fsp3) is 0.273. The van der Waals surface area contributed by atoms with Gasteiger partial charge in [-0.05, 0) is 38.1 Å². The molecule has 138 valence electrons. The zero-order chi connectivity index (χ0) is 18.5. The van der Waals surface area contributed by atoms with Crippen molar-refractivity contribution < 1.29 is 9.21 Å². The van der Waals surface area contributed by atoms with Crippen molar-refractivity contribution in [1.29, 1.82) is 0 Å². The summed E-state index contributed by atoms with van der Waals surface area (Å²) in [5, 5.41) is 3.01. The predicted molar refractivity (Wildman–Crippen MR) is 105 cm³/mol. The molecule has 27 heavy (non-hydrogen) atoms. The zero-order valence-electron chi connectivity index (χ0n) is 15.2. The highest BCUT2D eigenvalue weighted by Crippen LogP contribution is 2.23. The lowest BCUT2D eigenvalue weighted by atomic mass is 9.96. The molecule has 3 aromatic rings. The van der Waals surface area contributed by atoms with Gasteiger partial charge in [0.1, 0.15) is 0 Å². The van der Waals surface area contributed by atoms with Gasteiger partial charge in [0.05, 0.1) is 12.7 Å². The molecule has 1 aliphatic rings. The second-order valence-corrected chi connectivity index (χ2v) is 6.89. The molecule has 0 radical (unpaired) electrons. The Hall–Kier alpha value is -2.92. The number of carbonyl (C=O) groups excluding carboxylic acids is 1. The molecule has 5 nitrogen and oxygen atoms in total. The number of benzene rings is 2. The Morgan fingerprint density at radius 3 is 2.41 bits per heavy atom. The third-order valence-electron chi connectivity index (χ3n) is 4.97. The molecule has 0 spiro atoms. The van der Waals surface area contributed by atoms with Crippen LogP contribution >= 0.6 is 0 Å². The van der Waals surface area contributed by atoms with Crippen LogP contribution in [0, 0.1) is 5.92 Å². The molecule has 1 fully saturated rings. The number of rotatable bonds is 5. The normalized spacial score (nSPS) is 15.6. The maximum absolute atomic E-state index is 12.4. The maximum Gasteiger partial charge on any atom is 0.227 e. The fourth-order valence-corrected chi connectivity index (χ4v) is 3.43. The number of nitrogens with one attached hydrogen (secondary N) is 1. The monoisotopic (exact) mass is 361 g/mol. The van der Waals surface area contributed by atoms with Crippen LogP contribution in [0.15, 0.2) is 71.3 Å². The van der Waals surface area contributed by atoms with E-state index in [0.29, 0.717) is 6.54 Å². The summed E-state index contributed by atoms with van der Waals surface area (Å²) in [7, 11) is 0. The van der Waals surface area contributed by atoms with Gasteiger partial charge < -0.3 is 9.73 Å². The summed E-state index contributed by atoms with van der Waals surface area (Å²) >= 11 is 0. The molecule has 0 saturated carbocycles. The Balaban J connectivity index is 1.28. The highest BCUT2D eigenvalue weighted by molar-refractivity contribution is 5.92. The quantitative estimate of drug-likeness (QED) is 0.740. The van der Waals surface area contributed by atoms with E-state index >= 15 is 0 Å². The van der Waals surface area contributed by atoms with Crippen LogP contribution in [0.3, 0.4) is 0 Å². The molecule has 1 aliphatic heterocycles. The van der Waals surface area contributed by atoms with Crippen LogP contribution in [-0.2, 0) is 11.3 Å². The smallest absolute Gasteiger partial charge is 0.227 e. The zero-order valence-corrected chi connectivity index (χ0v) is 15.2. The number of para-hydroxylation sites is 1. The SMILES string of the molecule is O=C(Nc1ccccc1)C1CCN(Cc2ncc(-c3ccccc3)o2)CC1. The molecular formula is C22H23N3O2. The van der Waals surface area contributed by atoms with E-state index in [4.69, 9.17) is 4.42 Å². The van der Waals surface area contributed by atoms with Crippen LogP contribution in [0.5, 0.6) is 0 Å². The number of anilines is 1. The summed E-state index contributed by atoms with van der Waals surface area (Å²) in [5.74, 6) is 1.69. The van der Waals surface area contributed by atoms with Gasteiger partial charge in [-0.15, -0.1) is 0 Å². The molecular weight excluding hydrogens is 338 g/mol. The minimum atomic E-state index is 0.0610. The minimum Gasteiger partial charge on any atom is -0.439 e. The van der Waals surface area contributed by atoms with Crippen LogP contribution in [0.4, 0.5) is 5.69 Å². The van der Waals surface area contributed by atoms with E-state index in [9.17, 15) is 4.79 Å². The summed E-state index contributed by atoms with van der Waals surface area (Å²) < 4.78 is 5.89. The molecule has 4 rings (SSSR count). The molecule has 1 aromatic heterocycles. The van der Waals surface area contributed by atoms with Gasteiger partial charge in [0.15, 0.2) is 5.76 Å². The van der Waals surface area contributed by atoms with E-state index in [0.717, 1.165) is 48.8 Å². The van der Waals surface area contributed by atoms with E-state index in [1.165, 1.54) is 0 Å². The number of carbonyl (C=O) groups is 1. The molecule has 0 bridgehead atoms. The lowest BCUT2D eigenvalue weighted by Gasteiger charge is -2.30. The van der Waals surface area contributed by atoms with Gasteiger partial charge in [-0.2, -0.15) is 0 Å². The average Bonchev–Trinajstić information content (AvgIpc) is 3.18. The number of amides is 1. The molecule has 0 atom stereocenters. The first-order valence-electron chi connectivity index (χ1n) is 9.36. The Kier molecular flexibility index (Phi) is 5.30. The second-order valence-electron chi connectivity index (χ2n) is 6.89. The number of piperidine rings is 1. The van der Waals surface area contributed by atoms with Crippen molar-refractivity contribution in [2.45, 2.75) is 19.4 Å². The lowest BCUT2D eigenvalue weighted by Crippen LogP contribution is -2.37. The molecule has 0 aliphatic carbocycles. The number of aromatic nitrogens is 1. The van der Waals surface area contributed by atoms with Crippen LogP contribution < -0.4 is 5.32 Å². The molecule has 1 saturated heterocycles. The van der Waals surface area contributed by atoms with E-state index in [-0.39, 0.29) is 11.8 Å². The topological polar surface area (TPSA) is 58.4 Å². The molecule has 1 N–H and O–H groups in total. The van der Waals surface area contributed by atoms with Crippen molar-refractivity contribution in [3.63, 3.8) is 0 Å². The highest BCUT2D eigenvalue weighted by atomic mass is 16.4. The van der Waals surface area contributed by atoms with Crippen molar-refractivity contribution in [2.75, 3.05) is 18.4 Å². The third kappa shape index (κ3) is 4.44. The largest absolute Gasteiger partial charge is 0.439 e. The number of likely N-dealkylation sites (tertiary alicyclic amines) is 1. The Labute approximate surface area is 159 Å². The first kappa shape index (κ1) is 17.5. The third-order valence-corrected chi connectivity index (χ3v) is 4.97. The van der Waals surface area contributed by atoms with Gasteiger partial charge in [-0.1, -0.05) is 48.5 Å². The molecule has 5 heteroatoms. The second kappa shape index (κ2) is 8.18. The molecule has 2 heterocycles. The van der Waals surface area contributed by atoms with Crippen LogP contribution in [0.1, 0.15) is 18.7 Å². The highest BCUT2D eigenvalue weighted by Gasteiger charge is 2.25. The van der Waals surface area contributed by atoms with Gasteiger partial charge in [0.2, 0.25) is 11.8 Å². The van der Waals surface area contributed by atoms with Crippen LogP contribution in [-0.4, -0.2) is 28.9 Å². The number of hydrogen-bond acceptors (Lipinski definition) is 4. The predicted octanol–water partition coefficient (Wildman–Crippen LogP) is 4.19. The maximum atomic E-state index is 12.4. The summed E-state index contributed by atoms with van der Waals surface area (Å²) in [4.78, 5) is 19.1. The van der Waals surface area contributed by atoms with Gasteiger partial charge in [0, 0.05) is 17.2 Å². The Bertz CT molecular complexity index is 869. The first-order valence-corrected chi connectivity index (χ1v) is 9.36. The molecule has 0 unspecified atom stereocenters.